The standard InChI is InChI=1S/C20H20ClN3O4S/c1-11-3-6-13(9-15(11)21)23-20(22-2)29-16-10-17(25)24(18(16)26)14-7-4-12(5-8-14)19(27)28/h3-9,16-17,25H,10H2,1-2H3,(H,22,23)(H,27,28). The third-order valence-corrected chi connectivity index (χ3v) is 6.10. The Balaban J connectivity index is 1.71. The van der Waals surface area contributed by atoms with Crippen LogP contribution >= 0.6 is 23.4 Å². The SMILES string of the molecule is CN=C(Nc1ccc(C)c(Cl)c1)SC1CC(O)N(c2ccc(C(=O)O)cc2)C1=O. The van der Waals surface area contributed by atoms with E-state index in [0.717, 1.165) is 11.3 Å². The number of aliphatic hydroxyl groups is 1. The third kappa shape index (κ3) is 4.72. The molecule has 1 saturated heterocycles. The lowest BCUT2D eigenvalue weighted by molar-refractivity contribution is -0.117. The van der Waals surface area contributed by atoms with E-state index in [2.05, 4.69) is 10.3 Å². The summed E-state index contributed by atoms with van der Waals surface area (Å²) in [5, 5.41) is 23.2. The van der Waals surface area contributed by atoms with Gasteiger partial charge in [-0.2, -0.15) is 0 Å². The lowest BCUT2D eigenvalue weighted by Gasteiger charge is -2.20. The summed E-state index contributed by atoms with van der Waals surface area (Å²) in [4.78, 5) is 29.3. The largest absolute Gasteiger partial charge is 0.478 e. The Morgan fingerprint density at radius 1 is 1.28 bits per heavy atom. The summed E-state index contributed by atoms with van der Waals surface area (Å²) < 4.78 is 0. The van der Waals surface area contributed by atoms with Crippen molar-refractivity contribution in [1.82, 2.24) is 0 Å². The van der Waals surface area contributed by atoms with Gasteiger partial charge in [-0.05, 0) is 48.9 Å². The number of aliphatic hydroxyl groups excluding tert-OH is 1. The number of thioether (sulfide) groups is 1. The van der Waals surface area contributed by atoms with E-state index in [1.54, 1.807) is 13.1 Å². The molecule has 3 N–H and O–H groups in total. The van der Waals surface area contributed by atoms with Crippen LogP contribution < -0.4 is 10.2 Å². The predicted molar refractivity (Wildman–Crippen MR) is 116 cm³/mol. The number of carboxylic acid groups (broad SMARTS) is 1. The van der Waals surface area contributed by atoms with E-state index < -0.39 is 17.4 Å². The number of nitrogens with zero attached hydrogens (tertiary/aromatic N) is 2. The predicted octanol–water partition coefficient (Wildman–Crippen LogP) is 3.60. The van der Waals surface area contributed by atoms with Crippen molar-refractivity contribution in [3.8, 4) is 0 Å². The number of hydrogen-bond acceptors (Lipinski definition) is 5. The van der Waals surface area contributed by atoms with Crippen LogP contribution in [-0.4, -0.2) is 45.8 Å². The minimum Gasteiger partial charge on any atom is -0.478 e. The van der Waals surface area contributed by atoms with Crippen molar-refractivity contribution in [3.63, 3.8) is 0 Å². The van der Waals surface area contributed by atoms with Crippen LogP contribution in [-0.2, 0) is 4.79 Å². The van der Waals surface area contributed by atoms with Crippen molar-refractivity contribution in [2.24, 2.45) is 4.99 Å². The monoisotopic (exact) mass is 433 g/mol. The number of anilines is 2. The highest BCUT2D eigenvalue weighted by molar-refractivity contribution is 8.15. The molecule has 29 heavy (non-hydrogen) atoms. The maximum atomic E-state index is 12.9. The first-order valence-corrected chi connectivity index (χ1v) is 10.1. The van der Waals surface area contributed by atoms with E-state index in [1.165, 1.54) is 40.9 Å². The number of amidine groups is 1. The van der Waals surface area contributed by atoms with Gasteiger partial charge >= 0.3 is 5.97 Å². The molecule has 9 heteroatoms. The summed E-state index contributed by atoms with van der Waals surface area (Å²) >= 11 is 7.38. The molecule has 0 bridgehead atoms. The highest BCUT2D eigenvalue weighted by Gasteiger charge is 2.40. The molecular formula is C20H20ClN3O4S. The molecule has 0 spiro atoms. The fraction of sp³-hybridized carbons (Fsp3) is 0.250. The minimum absolute atomic E-state index is 0.113. The second kappa shape index (κ2) is 8.86. The molecule has 1 amide bonds. The van der Waals surface area contributed by atoms with Crippen LogP contribution in [0.25, 0.3) is 0 Å². The minimum atomic E-state index is -1.05. The fourth-order valence-electron chi connectivity index (χ4n) is 2.93. The fourth-order valence-corrected chi connectivity index (χ4v) is 4.14. The third-order valence-electron chi connectivity index (χ3n) is 4.51. The summed E-state index contributed by atoms with van der Waals surface area (Å²) in [5.41, 5.74) is 2.27. The summed E-state index contributed by atoms with van der Waals surface area (Å²) in [6.45, 7) is 1.91. The Morgan fingerprint density at radius 2 is 1.97 bits per heavy atom. The maximum Gasteiger partial charge on any atom is 0.335 e. The quantitative estimate of drug-likeness (QED) is 0.503. The topological polar surface area (TPSA) is 102 Å². The number of aryl methyl sites for hydroxylation is 1. The molecule has 7 nitrogen and oxygen atoms in total. The summed E-state index contributed by atoms with van der Waals surface area (Å²) in [7, 11) is 1.61. The molecule has 3 rings (SSSR count). The maximum absolute atomic E-state index is 12.9. The van der Waals surface area contributed by atoms with Gasteiger partial charge in [-0.1, -0.05) is 29.4 Å². The van der Waals surface area contributed by atoms with E-state index in [1.807, 2.05) is 19.1 Å². The number of benzene rings is 2. The first-order valence-electron chi connectivity index (χ1n) is 8.81. The highest BCUT2D eigenvalue weighted by Crippen LogP contribution is 2.33. The molecule has 2 aromatic carbocycles. The Labute approximate surface area is 177 Å². The van der Waals surface area contributed by atoms with Gasteiger partial charge in [-0.3, -0.25) is 14.7 Å². The molecule has 1 fully saturated rings. The van der Waals surface area contributed by atoms with E-state index in [-0.39, 0.29) is 17.9 Å². The summed E-state index contributed by atoms with van der Waals surface area (Å²) in [6, 6.07) is 11.4. The van der Waals surface area contributed by atoms with Crippen LogP contribution in [0.2, 0.25) is 5.02 Å². The van der Waals surface area contributed by atoms with Crippen LogP contribution in [0.4, 0.5) is 11.4 Å². The number of amides is 1. The normalized spacial score (nSPS) is 19.5. The van der Waals surface area contributed by atoms with E-state index in [9.17, 15) is 14.7 Å². The van der Waals surface area contributed by atoms with Gasteiger partial charge in [0, 0.05) is 29.9 Å². The zero-order valence-corrected chi connectivity index (χ0v) is 17.4. The molecule has 1 aliphatic heterocycles. The van der Waals surface area contributed by atoms with Crippen molar-refractivity contribution in [2.45, 2.75) is 24.8 Å². The molecule has 2 aromatic rings. The van der Waals surface area contributed by atoms with E-state index >= 15 is 0 Å². The van der Waals surface area contributed by atoms with Crippen LogP contribution in [0.5, 0.6) is 0 Å². The van der Waals surface area contributed by atoms with Gasteiger partial charge in [0.15, 0.2) is 5.17 Å². The first kappa shape index (κ1) is 21.2. The Morgan fingerprint density at radius 3 is 2.55 bits per heavy atom. The summed E-state index contributed by atoms with van der Waals surface area (Å²) in [6.07, 6.45) is -0.776. The summed E-state index contributed by atoms with van der Waals surface area (Å²) in [5.74, 6) is -1.32. The van der Waals surface area contributed by atoms with Crippen LogP contribution in [0.1, 0.15) is 22.3 Å². The highest BCUT2D eigenvalue weighted by atomic mass is 35.5. The molecule has 1 aliphatic rings. The second-order valence-electron chi connectivity index (χ2n) is 6.50. The van der Waals surface area contributed by atoms with Gasteiger partial charge in [0.1, 0.15) is 6.23 Å². The molecule has 0 aromatic heterocycles. The molecule has 1 heterocycles. The number of hydrogen-bond donors (Lipinski definition) is 3. The van der Waals surface area contributed by atoms with Crippen molar-refractivity contribution in [3.05, 3.63) is 58.6 Å². The number of carbonyl (C=O) groups excluding carboxylic acids is 1. The second-order valence-corrected chi connectivity index (χ2v) is 8.10. The Bertz CT molecular complexity index is 965. The number of aliphatic imine (C=N–C) groups is 1. The van der Waals surface area contributed by atoms with Gasteiger partial charge in [-0.25, -0.2) is 4.79 Å². The Kier molecular flexibility index (Phi) is 6.46. The van der Waals surface area contributed by atoms with Crippen molar-refractivity contribution in [1.29, 1.82) is 0 Å². The van der Waals surface area contributed by atoms with E-state index in [0.29, 0.717) is 15.9 Å². The Hall–Kier alpha value is -2.55. The lowest BCUT2D eigenvalue weighted by Crippen LogP contribution is -2.34. The average Bonchev–Trinajstić information content (AvgIpc) is 2.97. The van der Waals surface area contributed by atoms with Crippen LogP contribution in [0.15, 0.2) is 47.5 Å². The number of aromatic carboxylic acids is 1. The zero-order valence-electron chi connectivity index (χ0n) is 15.8. The molecular weight excluding hydrogens is 414 g/mol. The van der Waals surface area contributed by atoms with Gasteiger partial charge in [-0.15, -0.1) is 0 Å². The number of carboxylic acids is 1. The number of carbonyl (C=O) groups is 2. The lowest BCUT2D eigenvalue weighted by atomic mass is 10.2. The van der Waals surface area contributed by atoms with Gasteiger partial charge < -0.3 is 15.5 Å². The molecule has 2 unspecified atom stereocenters. The number of nitrogens with one attached hydrogen (secondary N) is 1. The number of halogens is 1. The molecule has 0 radical (unpaired) electrons. The average molecular weight is 434 g/mol. The smallest absolute Gasteiger partial charge is 0.335 e. The van der Waals surface area contributed by atoms with Gasteiger partial charge in [0.25, 0.3) is 0 Å². The van der Waals surface area contributed by atoms with Gasteiger partial charge in [0.05, 0.1) is 10.8 Å². The molecule has 2 atom stereocenters. The van der Waals surface area contributed by atoms with E-state index in [4.69, 9.17) is 16.7 Å². The first-order chi connectivity index (χ1) is 13.8. The molecule has 152 valence electrons. The zero-order chi connectivity index (χ0) is 21.1. The van der Waals surface area contributed by atoms with Crippen molar-refractivity contribution >= 4 is 51.8 Å². The van der Waals surface area contributed by atoms with Crippen molar-refractivity contribution in [2.75, 3.05) is 17.3 Å². The van der Waals surface area contributed by atoms with Crippen molar-refractivity contribution < 1.29 is 19.8 Å². The number of rotatable bonds is 4. The van der Waals surface area contributed by atoms with Crippen LogP contribution in [0, 0.1) is 6.92 Å². The molecule has 0 saturated carbocycles. The van der Waals surface area contributed by atoms with Crippen LogP contribution in [0.3, 0.4) is 0 Å². The molecule has 0 aliphatic carbocycles. The van der Waals surface area contributed by atoms with Gasteiger partial charge in [0.2, 0.25) is 5.91 Å².